The second-order valence-electron chi connectivity index (χ2n) is 2.90. The summed E-state index contributed by atoms with van der Waals surface area (Å²) in [7, 11) is 0. The molecule has 0 spiro atoms. The van der Waals surface area contributed by atoms with E-state index in [0.29, 0.717) is 5.92 Å². The summed E-state index contributed by atoms with van der Waals surface area (Å²) in [6, 6.07) is 0. The van der Waals surface area contributed by atoms with Crippen LogP contribution in [0.1, 0.15) is 38.5 Å². The van der Waals surface area contributed by atoms with Crippen LogP contribution in [-0.4, -0.2) is 5.11 Å². The normalized spacial score (nSPS) is 21.3. The van der Waals surface area contributed by atoms with E-state index in [-0.39, 0.29) is 41.3 Å². The molecule has 1 N–H and O–H groups in total. The minimum Gasteiger partial charge on any atom is -0.566 e. The van der Waals surface area contributed by atoms with Gasteiger partial charge in [-0.25, -0.2) is 6.61 Å². The molecule has 0 aromatic rings. The monoisotopic (exact) mass is 268 g/mol. The number of hydrogen-bond acceptors (Lipinski definition) is 1. The van der Waals surface area contributed by atoms with Crippen LogP contribution in [0.3, 0.4) is 0 Å². The first kappa shape index (κ1) is 11.3. The number of hydrogen-bond donors (Lipinski definition) is 1. The third kappa shape index (κ3) is 4.25. The number of aliphatic hydroxyl groups is 1. The molecule has 2 heteroatoms. The van der Waals surface area contributed by atoms with Crippen LogP contribution in [-0.2, 0) is 0 Å². The SMILES string of the molecule is O[CH-]C1CCCCCC1.[Pr]. The van der Waals surface area contributed by atoms with Gasteiger partial charge in [0.2, 0.25) is 0 Å². The van der Waals surface area contributed by atoms with Gasteiger partial charge in [0.05, 0.1) is 0 Å². The summed E-state index contributed by atoms with van der Waals surface area (Å²) in [5.41, 5.74) is 0. The molecule has 1 aliphatic carbocycles. The Morgan fingerprint density at radius 3 is 1.90 bits per heavy atom. The van der Waals surface area contributed by atoms with E-state index < -0.39 is 0 Å². The van der Waals surface area contributed by atoms with Crippen LogP contribution in [0.4, 0.5) is 0 Å². The summed E-state index contributed by atoms with van der Waals surface area (Å²) in [5.74, 6) is 0.507. The largest absolute Gasteiger partial charge is 0.566 e. The van der Waals surface area contributed by atoms with Gasteiger partial charge < -0.3 is 5.11 Å². The summed E-state index contributed by atoms with van der Waals surface area (Å²) in [4.78, 5) is 0. The Morgan fingerprint density at radius 2 is 1.50 bits per heavy atom. The zero-order valence-electron chi connectivity index (χ0n) is 6.42. The Bertz CT molecular complexity index is 67.7. The summed E-state index contributed by atoms with van der Waals surface area (Å²) in [6.07, 6.45) is 7.76. The van der Waals surface area contributed by atoms with E-state index in [9.17, 15) is 0 Å². The van der Waals surface area contributed by atoms with Gasteiger partial charge in [0.1, 0.15) is 0 Å². The van der Waals surface area contributed by atoms with Crippen molar-refractivity contribution in [2.24, 2.45) is 5.92 Å². The van der Waals surface area contributed by atoms with Gasteiger partial charge in [0, 0.05) is 41.3 Å². The van der Waals surface area contributed by atoms with Crippen molar-refractivity contribution < 1.29 is 46.4 Å². The first-order valence-corrected chi connectivity index (χ1v) is 3.91. The van der Waals surface area contributed by atoms with E-state index in [0.717, 1.165) is 0 Å². The fraction of sp³-hybridized carbons (Fsp3) is 0.875. The van der Waals surface area contributed by atoms with Crippen LogP contribution in [0.25, 0.3) is 0 Å². The molecular weight excluding hydrogens is 253 g/mol. The van der Waals surface area contributed by atoms with Gasteiger partial charge in [-0.1, -0.05) is 38.5 Å². The van der Waals surface area contributed by atoms with Crippen molar-refractivity contribution in [3.63, 3.8) is 0 Å². The minimum atomic E-state index is 0. The van der Waals surface area contributed by atoms with Gasteiger partial charge in [0.25, 0.3) is 0 Å². The molecule has 1 saturated carbocycles. The molecule has 1 rings (SSSR count). The van der Waals surface area contributed by atoms with Gasteiger partial charge in [-0.15, -0.1) is 5.92 Å². The van der Waals surface area contributed by atoms with Gasteiger partial charge in [-0.2, -0.15) is 0 Å². The van der Waals surface area contributed by atoms with Crippen LogP contribution in [0.15, 0.2) is 0 Å². The molecule has 1 radical (unpaired) electrons. The Labute approximate surface area is 96.5 Å². The molecule has 1 aliphatic rings. The predicted molar refractivity (Wildman–Crippen MR) is 37.4 cm³/mol. The Balaban J connectivity index is 0.000000810. The molecule has 57 valence electrons. The summed E-state index contributed by atoms with van der Waals surface area (Å²) < 4.78 is 0. The minimum absolute atomic E-state index is 0. The molecule has 0 atom stereocenters. The van der Waals surface area contributed by atoms with E-state index in [2.05, 4.69) is 0 Å². The molecule has 0 heterocycles. The Kier molecular flexibility index (Phi) is 7.93. The molecule has 1 fully saturated rings. The molecule has 0 unspecified atom stereocenters. The van der Waals surface area contributed by atoms with E-state index in [1.165, 1.54) is 45.1 Å². The maximum atomic E-state index is 8.69. The zero-order chi connectivity index (χ0) is 6.53. The summed E-state index contributed by atoms with van der Waals surface area (Å²) >= 11 is 0. The summed E-state index contributed by atoms with van der Waals surface area (Å²) in [6.45, 7) is 1.38. The van der Waals surface area contributed by atoms with Gasteiger partial charge in [0.15, 0.2) is 0 Å². The Morgan fingerprint density at radius 1 is 1.00 bits per heavy atom. The topological polar surface area (TPSA) is 20.2 Å². The van der Waals surface area contributed by atoms with Crippen molar-refractivity contribution in [1.82, 2.24) is 0 Å². The molecule has 0 bridgehead atoms. The quantitative estimate of drug-likeness (QED) is 0.572. The van der Waals surface area contributed by atoms with E-state index in [1.54, 1.807) is 0 Å². The molecular formula is C8H15OPr-. The van der Waals surface area contributed by atoms with Crippen molar-refractivity contribution in [2.45, 2.75) is 38.5 Å². The maximum Gasteiger partial charge on any atom is 0 e. The van der Waals surface area contributed by atoms with Gasteiger partial charge in [-0.3, -0.25) is 0 Å². The second-order valence-corrected chi connectivity index (χ2v) is 2.90. The molecule has 10 heavy (non-hydrogen) atoms. The third-order valence-corrected chi connectivity index (χ3v) is 2.11. The van der Waals surface area contributed by atoms with Crippen molar-refractivity contribution in [3.8, 4) is 0 Å². The fourth-order valence-corrected chi connectivity index (χ4v) is 1.46. The van der Waals surface area contributed by atoms with Crippen molar-refractivity contribution in [2.75, 3.05) is 0 Å². The standard InChI is InChI=1S/C8H15O.Pr/c9-7-8-5-3-1-2-4-6-8;/h7-9H,1-6H2;/q-1;. The molecule has 0 aliphatic heterocycles. The van der Waals surface area contributed by atoms with Crippen molar-refractivity contribution in [1.29, 1.82) is 0 Å². The third-order valence-electron chi connectivity index (χ3n) is 2.11. The van der Waals surface area contributed by atoms with Crippen molar-refractivity contribution in [3.05, 3.63) is 6.61 Å². The zero-order valence-corrected chi connectivity index (χ0v) is 10.1. The first-order valence-electron chi connectivity index (χ1n) is 3.91. The van der Waals surface area contributed by atoms with Crippen LogP contribution in [0.2, 0.25) is 0 Å². The van der Waals surface area contributed by atoms with E-state index in [1.807, 2.05) is 0 Å². The number of rotatable bonds is 1. The fourth-order valence-electron chi connectivity index (χ4n) is 1.46. The smallest absolute Gasteiger partial charge is 0 e. The molecule has 0 aromatic carbocycles. The average Bonchev–Trinajstić information content (AvgIpc) is 2.13. The Hall–Kier alpha value is 1.32. The first-order chi connectivity index (χ1) is 4.43. The molecule has 0 saturated heterocycles. The van der Waals surface area contributed by atoms with Crippen molar-refractivity contribution >= 4 is 0 Å². The molecule has 0 amide bonds. The molecule has 1 nitrogen and oxygen atoms in total. The predicted octanol–water partition coefficient (Wildman–Crippen LogP) is 2.49. The summed E-state index contributed by atoms with van der Waals surface area (Å²) in [5, 5.41) is 8.69. The molecule has 0 aromatic heterocycles. The van der Waals surface area contributed by atoms with Crippen LogP contribution in [0, 0.1) is 53.8 Å². The van der Waals surface area contributed by atoms with Crippen LogP contribution in [0.5, 0.6) is 0 Å². The number of aliphatic hydroxyl groups excluding tert-OH is 1. The second kappa shape index (κ2) is 7.00. The maximum absolute atomic E-state index is 8.69. The average molecular weight is 268 g/mol. The van der Waals surface area contributed by atoms with E-state index >= 15 is 0 Å². The van der Waals surface area contributed by atoms with Crippen LogP contribution < -0.4 is 0 Å². The van der Waals surface area contributed by atoms with Gasteiger partial charge >= 0.3 is 0 Å². The van der Waals surface area contributed by atoms with Crippen LogP contribution >= 0.6 is 0 Å². The van der Waals surface area contributed by atoms with Gasteiger partial charge in [-0.05, 0) is 0 Å². The van der Waals surface area contributed by atoms with E-state index in [4.69, 9.17) is 5.11 Å².